The number of aryl methyl sites for hydroxylation is 1. The molecule has 0 aliphatic carbocycles. The van der Waals surface area contributed by atoms with Crippen molar-refractivity contribution >= 4 is 44.1 Å². The monoisotopic (exact) mass is 529 g/mol. The largest absolute Gasteiger partial charge is 0.595 e. The van der Waals surface area contributed by atoms with E-state index < -0.39 is 32.6 Å². The van der Waals surface area contributed by atoms with Gasteiger partial charge in [0.1, 0.15) is 11.8 Å². The van der Waals surface area contributed by atoms with E-state index in [9.17, 15) is 28.7 Å². The second-order valence-electron chi connectivity index (χ2n) is 7.81. The summed E-state index contributed by atoms with van der Waals surface area (Å²) in [7, 11) is -4.18. The number of hydrazone groups is 1. The summed E-state index contributed by atoms with van der Waals surface area (Å²) in [6, 6.07) is 15.8. The highest BCUT2D eigenvalue weighted by molar-refractivity contribution is 7.89. The Morgan fingerprint density at radius 2 is 1.89 bits per heavy atom. The molecule has 1 heterocycles. The molecule has 0 spiro atoms. The molecule has 13 heteroatoms. The van der Waals surface area contributed by atoms with Gasteiger partial charge in [-0.25, -0.2) is 10.2 Å². The van der Waals surface area contributed by atoms with E-state index >= 15 is 0 Å². The second kappa shape index (κ2) is 10.1. The first-order valence-corrected chi connectivity index (χ1v) is 12.3. The third-order valence-corrected chi connectivity index (χ3v) is 6.68. The summed E-state index contributed by atoms with van der Waals surface area (Å²) in [5, 5.41) is 34.8. The van der Waals surface area contributed by atoms with Crippen LogP contribution in [0.4, 0.5) is 5.69 Å². The maximum Gasteiger partial charge on any atom is 0.276 e. The van der Waals surface area contributed by atoms with Crippen LogP contribution in [0.2, 0.25) is 5.02 Å². The molecule has 0 amide bonds. The van der Waals surface area contributed by atoms with Crippen LogP contribution in [-0.2, 0) is 10.0 Å². The minimum Gasteiger partial charge on any atom is -0.595 e. The first-order valence-electron chi connectivity index (χ1n) is 10.4. The van der Waals surface area contributed by atoms with Crippen LogP contribution in [0.25, 0.3) is 11.0 Å². The van der Waals surface area contributed by atoms with Crippen LogP contribution in [0.15, 0.2) is 81.5 Å². The van der Waals surface area contributed by atoms with Gasteiger partial charge >= 0.3 is 0 Å². The van der Waals surface area contributed by atoms with Crippen molar-refractivity contribution in [3.05, 3.63) is 104 Å². The van der Waals surface area contributed by atoms with Crippen LogP contribution in [0.1, 0.15) is 22.9 Å². The molecule has 2 atom stereocenters. The fourth-order valence-electron chi connectivity index (χ4n) is 3.35. The fraction of sp³-hybridized carbons (Fsp3) is 0.0870. The summed E-state index contributed by atoms with van der Waals surface area (Å²) in [6.07, 6.45) is -1.71. The molecule has 0 saturated carbocycles. The van der Waals surface area contributed by atoms with E-state index in [1.165, 1.54) is 48.5 Å². The number of nitrogens with one attached hydrogen (secondary N) is 3. The zero-order valence-corrected chi connectivity index (χ0v) is 20.2. The molecule has 0 aliphatic rings. The van der Waals surface area contributed by atoms with Gasteiger partial charge in [-0.1, -0.05) is 41.4 Å². The molecule has 0 fully saturated rings. The highest BCUT2D eigenvalue weighted by Gasteiger charge is 2.25. The van der Waals surface area contributed by atoms with E-state index in [0.717, 1.165) is 5.56 Å². The van der Waals surface area contributed by atoms with Crippen molar-refractivity contribution in [2.45, 2.75) is 17.9 Å². The lowest BCUT2D eigenvalue weighted by atomic mass is 10.0. The number of quaternary nitrogens is 1. The number of sulfonamides is 1. The number of H-pyrrole nitrogens is 1. The fourth-order valence-corrected chi connectivity index (χ4v) is 4.35. The van der Waals surface area contributed by atoms with Crippen molar-refractivity contribution in [1.82, 2.24) is 14.8 Å². The first kappa shape index (κ1) is 25.4. The van der Waals surface area contributed by atoms with Gasteiger partial charge in [-0.3, -0.25) is 4.79 Å². The van der Waals surface area contributed by atoms with Crippen molar-refractivity contribution in [2.24, 2.45) is 5.10 Å². The Hall–Kier alpha value is -3.65. The third-order valence-electron chi connectivity index (χ3n) is 5.22. The van der Waals surface area contributed by atoms with Gasteiger partial charge in [0.15, 0.2) is 11.4 Å². The molecule has 5 N–H and O–H groups in total. The van der Waals surface area contributed by atoms with Crippen LogP contribution >= 0.6 is 11.6 Å². The predicted molar refractivity (Wildman–Crippen MR) is 133 cm³/mol. The number of aromatic amines is 1. The Bertz CT molecular complexity index is 1620. The van der Waals surface area contributed by atoms with E-state index in [-0.39, 0.29) is 21.8 Å². The summed E-state index contributed by atoms with van der Waals surface area (Å²) >= 11 is 5.97. The second-order valence-corrected chi connectivity index (χ2v) is 9.91. The zero-order valence-electron chi connectivity index (χ0n) is 18.6. The summed E-state index contributed by atoms with van der Waals surface area (Å²) < 4.78 is 25.6. The molecule has 4 aromatic rings. The maximum absolute atomic E-state index is 12.9. The summed E-state index contributed by atoms with van der Waals surface area (Å²) in [5.74, 6) is 0. The number of fused-ring (bicyclic) bond motifs is 1. The molecule has 36 heavy (non-hydrogen) atoms. The molecule has 4 rings (SSSR count). The smallest absolute Gasteiger partial charge is 0.276 e. The summed E-state index contributed by atoms with van der Waals surface area (Å²) in [6.45, 7) is 1.80. The predicted octanol–water partition coefficient (Wildman–Crippen LogP) is 1.70. The number of hydrogen-bond donors (Lipinski definition) is 5. The zero-order chi connectivity index (χ0) is 26.0. The molecule has 186 valence electrons. The molecule has 3 aromatic carbocycles. The lowest BCUT2D eigenvalue weighted by Gasteiger charge is -2.17. The number of halogens is 1. The van der Waals surface area contributed by atoms with Gasteiger partial charge in [0.25, 0.3) is 15.6 Å². The maximum atomic E-state index is 12.9. The quantitative estimate of drug-likeness (QED) is 0.179. The van der Waals surface area contributed by atoms with Crippen molar-refractivity contribution in [3.8, 4) is 0 Å². The minimum atomic E-state index is -4.18. The molecule has 0 radical (unpaired) electrons. The lowest BCUT2D eigenvalue weighted by molar-refractivity contribution is -0.991. The molecule has 1 aromatic heterocycles. The summed E-state index contributed by atoms with van der Waals surface area (Å²) in [4.78, 5) is 21.7. The Morgan fingerprint density at radius 3 is 2.58 bits per heavy atom. The minimum absolute atomic E-state index is 0.0561. The summed E-state index contributed by atoms with van der Waals surface area (Å²) in [5.41, 5.74) is -0.184. The van der Waals surface area contributed by atoms with Crippen LogP contribution in [-0.4, -0.2) is 34.4 Å². The van der Waals surface area contributed by atoms with Gasteiger partial charge in [0, 0.05) is 17.2 Å². The topological polar surface area (TPSA) is 172 Å². The number of aliphatic hydroxyl groups excluding tert-OH is 1. The van der Waals surface area contributed by atoms with Gasteiger partial charge in [-0.15, -0.1) is 0 Å². The Morgan fingerprint density at radius 1 is 1.17 bits per heavy atom. The Labute approximate surface area is 209 Å². The van der Waals surface area contributed by atoms with Crippen molar-refractivity contribution in [1.29, 1.82) is 0 Å². The van der Waals surface area contributed by atoms with E-state index in [1.807, 2.05) is 4.83 Å². The highest BCUT2D eigenvalue weighted by Crippen LogP contribution is 2.21. The molecule has 0 aliphatic heterocycles. The van der Waals surface area contributed by atoms with Gasteiger partial charge in [0.2, 0.25) is 0 Å². The van der Waals surface area contributed by atoms with Gasteiger partial charge in [-0.05, 0) is 42.8 Å². The number of aliphatic hydroxyl groups is 1. The average Bonchev–Trinajstić information content (AvgIpc) is 2.84. The highest BCUT2D eigenvalue weighted by atomic mass is 35.5. The van der Waals surface area contributed by atoms with E-state index in [4.69, 9.17) is 11.6 Å². The van der Waals surface area contributed by atoms with Crippen molar-refractivity contribution < 1.29 is 24.0 Å². The number of nitrogens with zero attached hydrogens (tertiary/aromatic N) is 2. The molecule has 0 bridgehead atoms. The average molecular weight is 530 g/mol. The molecule has 0 saturated heterocycles. The van der Waals surface area contributed by atoms with Gasteiger partial charge in [-0.2, -0.15) is 23.6 Å². The van der Waals surface area contributed by atoms with Crippen molar-refractivity contribution in [3.63, 3.8) is 0 Å². The SMILES string of the molecule is Cc1ccc(S(=O)(=O)N/N=C(/c2nc3ccc(Cl)cc3[nH]c2=O)C(O)c2cccc([NH+]([O-])O)c2)cc1. The van der Waals surface area contributed by atoms with E-state index in [0.29, 0.717) is 16.1 Å². The number of aromatic nitrogens is 2. The van der Waals surface area contributed by atoms with E-state index in [1.54, 1.807) is 25.1 Å². The van der Waals surface area contributed by atoms with Gasteiger partial charge in [0.05, 0.1) is 15.9 Å². The van der Waals surface area contributed by atoms with E-state index in [2.05, 4.69) is 15.1 Å². The van der Waals surface area contributed by atoms with Crippen LogP contribution in [0, 0.1) is 12.1 Å². The van der Waals surface area contributed by atoms with Crippen LogP contribution in [0.3, 0.4) is 0 Å². The van der Waals surface area contributed by atoms with Crippen LogP contribution in [0.5, 0.6) is 0 Å². The molecular weight excluding hydrogens is 510 g/mol. The lowest BCUT2D eigenvalue weighted by Crippen LogP contribution is -2.99. The first-order chi connectivity index (χ1) is 17.0. The third kappa shape index (κ3) is 5.44. The van der Waals surface area contributed by atoms with Crippen LogP contribution < -0.4 is 15.6 Å². The van der Waals surface area contributed by atoms with Gasteiger partial charge < -0.3 is 15.3 Å². The molecule has 2 unspecified atom stereocenters. The number of hydrogen-bond acceptors (Lipinski definition) is 8. The molecular formula is C23H20ClN5O6S. The number of rotatable bonds is 7. The Balaban J connectivity index is 1.85. The number of benzene rings is 3. The Kier molecular flexibility index (Phi) is 7.17. The standard InChI is InChI=1S/C23H20ClN5O6S/c1-13-5-8-17(9-6-13)36(34,35)28-27-20(22(30)14-3-2-4-16(11-14)29(32)33)21-23(31)26-19-12-15(24)7-10-18(19)25-21/h2-12,22,28-30,32H,1H3,(H,26,31)/b27-20-. The molecule has 11 nitrogen and oxygen atoms in total. The van der Waals surface area contributed by atoms with Crippen molar-refractivity contribution in [2.75, 3.05) is 0 Å². The normalized spacial score (nSPS) is 14.0.